The lowest BCUT2D eigenvalue weighted by Gasteiger charge is -2.16. The van der Waals surface area contributed by atoms with Crippen molar-refractivity contribution in [2.45, 2.75) is 26.7 Å². The third kappa shape index (κ3) is 3.05. The van der Waals surface area contributed by atoms with E-state index in [2.05, 4.69) is 10.2 Å². The van der Waals surface area contributed by atoms with E-state index in [0.29, 0.717) is 19.0 Å². The van der Waals surface area contributed by atoms with E-state index in [1.54, 1.807) is 42.2 Å². The summed E-state index contributed by atoms with van der Waals surface area (Å²) in [7, 11) is 3.34. The summed E-state index contributed by atoms with van der Waals surface area (Å²) in [6, 6.07) is 3.60. The second-order valence-corrected chi connectivity index (χ2v) is 4.46. The molecule has 0 aliphatic heterocycles. The fourth-order valence-corrected chi connectivity index (χ4v) is 1.97. The average Bonchev–Trinajstić information content (AvgIpc) is 3.07. The van der Waals surface area contributed by atoms with Crippen molar-refractivity contribution in [2.24, 2.45) is 0 Å². The maximum Gasteiger partial charge on any atom is 0.274 e. The summed E-state index contributed by atoms with van der Waals surface area (Å²) in [5, 5.41) is 8.36. The van der Waals surface area contributed by atoms with Crippen molar-refractivity contribution >= 4 is 5.91 Å². The minimum absolute atomic E-state index is 0.122. The highest BCUT2D eigenvalue weighted by atomic mass is 16.5. The van der Waals surface area contributed by atoms with Crippen LogP contribution < -0.4 is 0 Å². The highest BCUT2D eigenvalue weighted by molar-refractivity contribution is 5.91. The maximum atomic E-state index is 12.3. The van der Waals surface area contributed by atoms with Crippen molar-refractivity contribution in [1.29, 1.82) is 0 Å². The van der Waals surface area contributed by atoms with Gasteiger partial charge >= 0.3 is 0 Å². The molecule has 0 saturated heterocycles. The van der Waals surface area contributed by atoms with Crippen LogP contribution in [-0.2, 0) is 24.6 Å². The molecular formula is C13H19N5O2. The Balaban J connectivity index is 2.04. The standard InChI is InChI=1S/C13H19N5O2/c1-4-18-11(5-7-14-18)9-16(2)13(19)12-6-8-17(15-12)10-20-3/h5-8H,4,9-10H2,1-3H3. The number of hydrogen-bond donors (Lipinski definition) is 0. The Labute approximate surface area is 117 Å². The first-order chi connectivity index (χ1) is 9.65. The van der Waals surface area contributed by atoms with Crippen molar-refractivity contribution in [3.05, 3.63) is 35.9 Å². The Morgan fingerprint density at radius 3 is 2.95 bits per heavy atom. The van der Waals surface area contributed by atoms with Crippen LogP contribution in [0.3, 0.4) is 0 Å². The molecule has 0 aliphatic rings. The predicted molar refractivity (Wildman–Crippen MR) is 72.9 cm³/mol. The SMILES string of the molecule is CCn1nccc1CN(C)C(=O)c1ccn(COC)n1. The van der Waals surface area contributed by atoms with Crippen molar-refractivity contribution in [3.8, 4) is 0 Å². The van der Waals surface area contributed by atoms with Gasteiger partial charge in [0, 0.05) is 33.1 Å². The van der Waals surface area contributed by atoms with Crippen LogP contribution >= 0.6 is 0 Å². The third-order valence-corrected chi connectivity index (χ3v) is 2.97. The van der Waals surface area contributed by atoms with Gasteiger partial charge in [-0.25, -0.2) is 4.68 Å². The molecule has 7 nitrogen and oxygen atoms in total. The summed E-state index contributed by atoms with van der Waals surface area (Å²) < 4.78 is 8.41. The number of aryl methyl sites for hydroxylation is 1. The minimum atomic E-state index is -0.122. The first kappa shape index (κ1) is 14.3. The number of methoxy groups -OCH3 is 1. The van der Waals surface area contributed by atoms with Crippen molar-refractivity contribution < 1.29 is 9.53 Å². The Hall–Kier alpha value is -2.15. The summed E-state index contributed by atoms with van der Waals surface area (Å²) in [4.78, 5) is 13.9. The molecule has 0 aliphatic carbocycles. The molecular weight excluding hydrogens is 258 g/mol. The highest BCUT2D eigenvalue weighted by Crippen LogP contribution is 2.07. The number of nitrogens with zero attached hydrogens (tertiary/aromatic N) is 5. The van der Waals surface area contributed by atoms with E-state index in [-0.39, 0.29) is 5.91 Å². The van der Waals surface area contributed by atoms with Crippen LogP contribution in [0.5, 0.6) is 0 Å². The van der Waals surface area contributed by atoms with E-state index >= 15 is 0 Å². The molecule has 0 unspecified atom stereocenters. The lowest BCUT2D eigenvalue weighted by molar-refractivity contribution is 0.0770. The third-order valence-electron chi connectivity index (χ3n) is 2.97. The molecule has 0 bridgehead atoms. The molecule has 0 radical (unpaired) electrons. The van der Waals surface area contributed by atoms with Crippen LogP contribution in [0.2, 0.25) is 0 Å². The number of ether oxygens (including phenoxy) is 1. The van der Waals surface area contributed by atoms with Gasteiger partial charge in [0.15, 0.2) is 0 Å². The number of hydrogen-bond acceptors (Lipinski definition) is 4. The average molecular weight is 277 g/mol. The second kappa shape index (κ2) is 6.33. The molecule has 0 fully saturated rings. The fourth-order valence-electron chi connectivity index (χ4n) is 1.97. The largest absolute Gasteiger partial charge is 0.362 e. The van der Waals surface area contributed by atoms with E-state index in [0.717, 1.165) is 12.2 Å². The summed E-state index contributed by atoms with van der Waals surface area (Å²) in [6.07, 6.45) is 3.46. The zero-order valence-electron chi connectivity index (χ0n) is 12.0. The molecule has 0 spiro atoms. The lowest BCUT2D eigenvalue weighted by atomic mass is 10.3. The van der Waals surface area contributed by atoms with Crippen molar-refractivity contribution in [3.63, 3.8) is 0 Å². The van der Waals surface area contributed by atoms with Crippen LogP contribution in [0.4, 0.5) is 0 Å². The number of amides is 1. The Bertz CT molecular complexity index is 575. The Morgan fingerprint density at radius 2 is 2.25 bits per heavy atom. The summed E-state index contributed by atoms with van der Waals surface area (Å²) in [5.41, 5.74) is 1.41. The normalized spacial score (nSPS) is 10.8. The van der Waals surface area contributed by atoms with Crippen LogP contribution in [0.15, 0.2) is 24.5 Å². The zero-order chi connectivity index (χ0) is 14.5. The van der Waals surface area contributed by atoms with Crippen LogP contribution in [0, 0.1) is 0 Å². The Kier molecular flexibility index (Phi) is 4.52. The van der Waals surface area contributed by atoms with Gasteiger partial charge in [-0.1, -0.05) is 0 Å². The predicted octanol–water partition coefficient (Wildman–Crippen LogP) is 0.976. The number of carbonyl (C=O) groups excluding carboxylic acids is 1. The maximum absolute atomic E-state index is 12.3. The van der Waals surface area contributed by atoms with E-state index in [1.807, 2.05) is 17.7 Å². The van der Waals surface area contributed by atoms with Crippen LogP contribution in [-0.4, -0.2) is 44.5 Å². The second-order valence-electron chi connectivity index (χ2n) is 4.46. The number of carbonyl (C=O) groups is 1. The molecule has 0 aromatic carbocycles. The smallest absolute Gasteiger partial charge is 0.274 e. The molecule has 108 valence electrons. The van der Waals surface area contributed by atoms with Crippen molar-refractivity contribution in [1.82, 2.24) is 24.5 Å². The molecule has 0 N–H and O–H groups in total. The van der Waals surface area contributed by atoms with Gasteiger partial charge in [0.25, 0.3) is 5.91 Å². The van der Waals surface area contributed by atoms with Crippen molar-refractivity contribution in [2.75, 3.05) is 14.2 Å². The molecule has 2 rings (SSSR count). The van der Waals surface area contributed by atoms with Gasteiger partial charge in [-0.15, -0.1) is 0 Å². The van der Waals surface area contributed by atoms with Gasteiger partial charge in [-0.05, 0) is 19.1 Å². The molecule has 0 saturated carbocycles. The van der Waals surface area contributed by atoms with E-state index < -0.39 is 0 Å². The highest BCUT2D eigenvalue weighted by Gasteiger charge is 2.16. The summed E-state index contributed by atoms with van der Waals surface area (Å²) in [6.45, 7) is 3.64. The minimum Gasteiger partial charge on any atom is -0.362 e. The summed E-state index contributed by atoms with van der Waals surface area (Å²) >= 11 is 0. The zero-order valence-corrected chi connectivity index (χ0v) is 12.0. The first-order valence-electron chi connectivity index (χ1n) is 6.44. The lowest BCUT2D eigenvalue weighted by Crippen LogP contribution is -2.28. The number of aromatic nitrogens is 4. The first-order valence-corrected chi connectivity index (χ1v) is 6.44. The van der Waals surface area contributed by atoms with E-state index in [4.69, 9.17) is 4.74 Å². The molecule has 0 atom stereocenters. The molecule has 2 aromatic rings. The van der Waals surface area contributed by atoms with Gasteiger partial charge in [-0.2, -0.15) is 10.2 Å². The Morgan fingerprint density at radius 1 is 1.45 bits per heavy atom. The van der Waals surface area contributed by atoms with Gasteiger partial charge in [0.1, 0.15) is 12.4 Å². The van der Waals surface area contributed by atoms with E-state index in [9.17, 15) is 4.79 Å². The number of rotatable bonds is 6. The van der Waals surface area contributed by atoms with Gasteiger partial charge in [-0.3, -0.25) is 9.48 Å². The fraction of sp³-hybridized carbons (Fsp3) is 0.462. The van der Waals surface area contributed by atoms with Crippen LogP contribution in [0.1, 0.15) is 23.1 Å². The topological polar surface area (TPSA) is 65.2 Å². The molecule has 2 aromatic heterocycles. The summed E-state index contributed by atoms with van der Waals surface area (Å²) in [5.74, 6) is -0.122. The molecule has 20 heavy (non-hydrogen) atoms. The molecule has 2 heterocycles. The van der Waals surface area contributed by atoms with Crippen LogP contribution in [0.25, 0.3) is 0 Å². The van der Waals surface area contributed by atoms with Gasteiger partial charge in [0.2, 0.25) is 0 Å². The van der Waals surface area contributed by atoms with Gasteiger partial charge < -0.3 is 9.64 Å². The quantitative estimate of drug-likeness (QED) is 0.789. The van der Waals surface area contributed by atoms with E-state index in [1.165, 1.54) is 0 Å². The molecule has 7 heteroatoms. The molecule has 1 amide bonds. The monoisotopic (exact) mass is 277 g/mol. The van der Waals surface area contributed by atoms with Gasteiger partial charge in [0.05, 0.1) is 12.2 Å².